The van der Waals surface area contributed by atoms with Gasteiger partial charge in [-0.05, 0) is 89.6 Å². The predicted octanol–water partition coefficient (Wildman–Crippen LogP) is 4.94. The van der Waals surface area contributed by atoms with Gasteiger partial charge in [-0.3, -0.25) is 10.1 Å². The fourth-order valence-electron chi connectivity index (χ4n) is 2.04. The lowest BCUT2D eigenvalue weighted by atomic mass is 10.1. The Hall–Kier alpha value is -1.18. The van der Waals surface area contributed by atoms with Gasteiger partial charge in [0, 0.05) is 19.8 Å². The molecule has 0 aliphatic rings. The average Bonchev–Trinajstić information content (AvgIpc) is 2.51. The van der Waals surface area contributed by atoms with E-state index in [-0.39, 0.29) is 11.0 Å². The van der Waals surface area contributed by atoms with E-state index in [4.69, 9.17) is 23.8 Å². The number of aryl methyl sites for hydroxylation is 2. The van der Waals surface area contributed by atoms with Gasteiger partial charge >= 0.3 is 0 Å². The first-order valence-electron chi connectivity index (χ1n) is 7.07. The number of rotatable bonds is 3. The van der Waals surface area contributed by atoms with E-state index in [9.17, 15) is 4.79 Å². The maximum Gasteiger partial charge on any atom is 0.257 e. The Morgan fingerprint density at radius 3 is 2.65 bits per heavy atom. The normalized spacial score (nSPS) is 10.3. The van der Waals surface area contributed by atoms with Crippen molar-refractivity contribution in [2.45, 2.75) is 20.3 Å². The van der Waals surface area contributed by atoms with Crippen molar-refractivity contribution in [1.82, 2.24) is 5.32 Å². The molecule has 0 bridgehead atoms. The van der Waals surface area contributed by atoms with Gasteiger partial charge in [0.15, 0.2) is 5.11 Å². The zero-order valence-corrected chi connectivity index (χ0v) is 16.5. The fraction of sp³-hybridized carbons (Fsp3) is 0.176. The Labute approximate surface area is 159 Å². The van der Waals surface area contributed by atoms with Crippen LogP contribution in [0.4, 0.5) is 5.69 Å². The molecular weight excluding hydrogens is 443 g/mol. The summed E-state index contributed by atoms with van der Waals surface area (Å²) < 4.78 is 1.16. The van der Waals surface area contributed by atoms with E-state index in [0.29, 0.717) is 10.6 Å². The molecule has 0 aromatic heterocycles. The molecule has 0 saturated carbocycles. The molecule has 2 rings (SSSR count). The summed E-state index contributed by atoms with van der Waals surface area (Å²) in [6, 6.07) is 11.2. The average molecular weight is 459 g/mol. The van der Waals surface area contributed by atoms with Crippen LogP contribution in [0.25, 0.3) is 0 Å². The van der Waals surface area contributed by atoms with Crippen molar-refractivity contribution in [3.8, 4) is 0 Å². The lowest BCUT2D eigenvalue weighted by Gasteiger charge is -2.13. The van der Waals surface area contributed by atoms with Crippen molar-refractivity contribution in [3.05, 3.63) is 61.7 Å². The summed E-state index contributed by atoms with van der Waals surface area (Å²) >= 11 is 13.6. The zero-order chi connectivity index (χ0) is 17.0. The molecule has 2 N–H and O–H groups in total. The Kier molecular flexibility index (Phi) is 6.38. The molecule has 3 nitrogen and oxygen atoms in total. The number of nitrogens with one attached hydrogen (secondary N) is 2. The Bertz CT molecular complexity index is 764. The predicted molar refractivity (Wildman–Crippen MR) is 108 cm³/mol. The molecule has 6 heteroatoms. The molecule has 23 heavy (non-hydrogen) atoms. The van der Waals surface area contributed by atoms with E-state index < -0.39 is 0 Å². The smallest absolute Gasteiger partial charge is 0.257 e. The number of hydrogen-bond donors (Lipinski definition) is 2. The first-order chi connectivity index (χ1) is 10.9. The molecule has 0 unspecified atom stereocenters. The number of thiocarbonyl (C=S) groups is 1. The SMILES string of the molecule is CCc1cc(I)ccc1NC(=S)NC(=O)c1ccc(C)c(Cl)c1. The van der Waals surface area contributed by atoms with Crippen molar-refractivity contribution in [1.29, 1.82) is 0 Å². The summed E-state index contributed by atoms with van der Waals surface area (Å²) in [5.41, 5.74) is 3.45. The summed E-state index contributed by atoms with van der Waals surface area (Å²) in [7, 11) is 0. The lowest BCUT2D eigenvalue weighted by molar-refractivity contribution is 0.0977. The Morgan fingerprint density at radius 1 is 1.26 bits per heavy atom. The van der Waals surface area contributed by atoms with Crippen LogP contribution in [0.5, 0.6) is 0 Å². The summed E-state index contributed by atoms with van der Waals surface area (Å²) in [4.78, 5) is 12.2. The maximum atomic E-state index is 12.2. The second-order valence-electron chi connectivity index (χ2n) is 5.03. The van der Waals surface area contributed by atoms with Gasteiger partial charge in [-0.1, -0.05) is 24.6 Å². The van der Waals surface area contributed by atoms with E-state index in [0.717, 1.165) is 26.8 Å². The van der Waals surface area contributed by atoms with Crippen LogP contribution >= 0.6 is 46.4 Å². The van der Waals surface area contributed by atoms with Gasteiger partial charge in [0.2, 0.25) is 0 Å². The molecule has 2 aromatic carbocycles. The molecule has 0 aliphatic carbocycles. The molecule has 0 saturated heterocycles. The molecule has 0 heterocycles. The molecule has 2 aromatic rings. The number of hydrogen-bond acceptors (Lipinski definition) is 2. The number of carbonyl (C=O) groups excluding carboxylic acids is 1. The number of benzene rings is 2. The minimum atomic E-state index is -0.284. The fourth-order valence-corrected chi connectivity index (χ4v) is 2.98. The molecule has 0 spiro atoms. The highest BCUT2D eigenvalue weighted by molar-refractivity contribution is 14.1. The van der Waals surface area contributed by atoms with Gasteiger partial charge in [-0.25, -0.2) is 0 Å². The highest BCUT2D eigenvalue weighted by Crippen LogP contribution is 2.20. The largest absolute Gasteiger partial charge is 0.332 e. The van der Waals surface area contributed by atoms with Crippen LogP contribution in [-0.2, 0) is 6.42 Å². The van der Waals surface area contributed by atoms with Crippen molar-refractivity contribution in [3.63, 3.8) is 0 Å². The highest BCUT2D eigenvalue weighted by Gasteiger charge is 2.10. The van der Waals surface area contributed by atoms with Crippen LogP contribution in [-0.4, -0.2) is 11.0 Å². The third-order valence-electron chi connectivity index (χ3n) is 3.36. The Balaban J connectivity index is 2.07. The van der Waals surface area contributed by atoms with Crippen LogP contribution in [0.15, 0.2) is 36.4 Å². The molecular formula is C17H16ClIN2OS. The Morgan fingerprint density at radius 2 is 2.00 bits per heavy atom. The number of amides is 1. The van der Waals surface area contributed by atoms with Gasteiger partial charge < -0.3 is 5.32 Å². The number of halogens is 2. The molecule has 0 radical (unpaired) electrons. The van der Waals surface area contributed by atoms with Gasteiger partial charge in [0.05, 0.1) is 0 Å². The standard InChI is InChI=1S/C17H16ClIN2OS/c1-3-11-8-13(19)6-7-15(11)20-17(23)21-16(22)12-5-4-10(2)14(18)9-12/h4-9H,3H2,1-2H3,(H2,20,21,22,23). The minimum Gasteiger partial charge on any atom is -0.332 e. The van der Waals surface area contributed by atoms with Crippen LogP contribution in [0.2, 0.25) is 5.02 Å². The van der Waals surface area contributed by atoms with E-state index >= 15 is 0 Å². The van der Waals surface area contributed by atoms with Crippen molar-refractivity contribution < 1.29 is 4.79 Å². The van der Waals surface area contributed by atoms with Crippen LogP contribution in [0, 0.1) is 10.5 Å². The topological polar surface area (TPSA) is 41.1 Å². The van der Waals surface area contributed by atoms with Crippen LogP contribution in [0.1, 0.15) is 28.4 Å². The second kappa shape index (κ2) is 8.08. The summed E-state index contributed by atoms with van der Waals surface area (Å²) in [5, 5.41) is 6.58. The van der Waals surface area contributed by atoms with Crippen molar-refractivity contribution in [2.75, 3.05) is 5.32 Å². The quantitative estimate of drug-likeness (QED) is 0.505. The zero-order valence-electron chi connectivity index (χ0n) is 12.7. The monoisotopic (exact) mass is 458 g/mol. The molecule has 0 aliphatic heterocycles. The van der Waals surface area contributed by atoms with E-state index in [1.165, 1.54) is 0 Å². The summed E-state index contributed by atoms with van der Waals surface area (Å²) in [6.07, 6.45) is 0.878. The molecule has 1 amide bonds. The van der Waals surface area contributed by atoms with Crippen molar-refractivity contribution in [2.24, 2.45) is 0 Å². The van der Waals surface area contributed by atoms with Crippen LogP contribution in [0.3, 0.4) is 0 Å². The van der Waals surface area contributed by atoms with Gasteiger partial charge in [-0.2, -0.15) is 0 Å². The third kappa shape index (κ3) is 4.89. The van der Waals surface area contributed by atoms with E-state index in [1.807, 2.05) is 25.1 Å². The van der Waals surface area contributed by atoms with E-state index in [2.05, 4.69) is 46.2 Å². The van der Waals surface area contributed by atoms with Crippen molar-refractivity contribution >= 4 is 63.1 Å². The highest BCUT2D eigenvalue weighted by atomic mass is 127. The van der Waals surface area contributed by atoms with Gasteiger partial charge in [-0.15, -0.1) is 0 Å². The second-order valence-corrected chi connectivity index (χ2v) is 7.09. The summed E-state index contributed by atoms with van der Waals surface area (Å²) in [5.74, 6) is -0.284. The van der Waals surface area contributed by atoms with Gasteiger partial charge in [0.1, 0.15) is 0 Å². The maximum absolute atomic E-state index is 12.2. The minimum absolute atomic E-state index is 0.266. The molecule has 120 valence electrons. The van der Waals surface area contributed by atoms with Crippen LogP contribution < -0.4 is 10.6 Å². The first-order valence-corrected chi connectivity index (χ1v) is 8.94. The molecule has 0 fully saturated rings. The van der Waals surface area contributed by atoms with E-state index in [1.54, 1.807) is 12.1 Å². The number of carbonyl (C=O) groups is 1. The number of anilines is 1. The molecule has 0 atom stereocenters. The van der Waals surface area contributed by atoms with Gasteiger partial charge in [0.25, 0.3) is 5.91 Å². The summed E-state index contributed by atoms with van der Waals surface area (Å²) in [6.45, 7) is 3.96. The first kappa shape index (κ1) is 18.2. The lowest BCUT2D eigenvalue weighted by Crippen LogP contribution is -2.34. The third-order valence-corrected chi connectivity index (χ3v) is 4.64.